The van der Waals surface area contributed by atoms with Crippen molar-refractivity contribution in [3.05, 3.63) is 70.9 Å². The normalized spacial score (nSPS) is 12.0. The predicted molar refractivity (Wildman–Crippen MR) is 135 cm³/mol. The third-order valence-electron chi connectivity index (χ3n) is 5.54. The van der Waals surface area contributed by atoms with Gasteiger partial charge in [0.05, 0.1) is 34.1 Å². The summed E-state index contributed by atoms with van der Waals surface area (Å²) < 4.78 is 26.1. The molecule has 1 amide bonds. The van der Waals surface area contributed by atoms with Gasteiger partial charge in [0.2, 0.25) is 0 Å². The third-order valence-corrected chi connectivity index (χ3v) is 7.10. The molecule has 0 saturated heterocycles. The predicted octanol–water partition coefficient (Wildman–Crippen LogP) is 3.86. The first-order valence-corrected chi connectivity index (χ1v) is 13.2. The summed E-state index contributed by atoms with van der Waals surface area (Å²) in [5.74, 6) is -0.693. The van der Waals surface area contributed by atoms with Crippen LogP contribution in [0, 0.1) is 0 Å². The van der Waals surface area contributed by atoms with Crippen LogP contribution >= 0.6 is 23.2 Å². The number of rotatable bonds is 6. The summed E-state index contributed by atoms with van der Waals surface area (Å²) in [4.78, 5) is 21.7. The summed E-state index contributed by atoms with van der Waals surface area (Å²) in [5, 5.41) is 5.61. The highest BCUT2D eigenvalue weighted by Gasteiger charge is 2.23. The molecule has 0 bridgehead atoms. The molecule has 0 aliphatic heterocycles. The van der Waals surface area contributed by atoms with E-state index in [0.29, 0.717) is 32.2 Å². The standard InChI is InChI=1S/C23H18Cl2N6O3S/c1-35(33,34)8-7-30-12-14(11-28-30)13-9-15-18(27-10-13)5-6-31-21(22(26)32)20(29-23(15)31)19-16(24)3-2-4-17(19)25/h2-6,9-12H,7-8H2,1H3,(H2,26,32). The summed E-state index contributed by atoms with van der Waals surface area (Å²) in [7, 11) is -3.11. The molecule has 178 valence electrons. The number of amides is 1. The molecule has 0 unspecified atom stereocenters. The van der Waals surface area contributed by atoms with Gasteiger partial charge in [0, 0.05) is 46.9 Å². The number of carbonyl (C=O) groups excluding carboxylic acids is 1. The van der Waals surface area contributed by atoms with E-state index in [-0.39, 0.29) is 23.7 Å². The molecule has 4 heterocycles. The highest BCUT2D eigenvalue weighted by molar-refractivity contribution is 7.90. The van der Waals surface area contributed by atoms with Gasteiger partial charge in [-0.2, -0.15) is 5.10 Å². The summed E-state index contributed by atoms with van der Waals surface area (Å²) in [5.41, 5.74) is 9.19. The number of imidazole rings is 1. The molecule has 0 spiro atoms. The first kappa shape index (κ1) is 23.3. The van der Waals surface area contributed by atoms with Gasteiger partial charge >= 0.3 is 0 Å². The minimum Gasteiger partial charge on any atom is -0.364 e. The Morgan fingerprint density at radius 1 is 1.11 bits per heavy atom. The van der Waals surface area contributed by atoms with Crippen LogP contribution in [-0.2, 0) is 16.4 Å². The maximum Gasteiger partial charge on any atom is 0.268 e. The van der Waals surface area contributed by atoms with E-state index in [4.69, 9.17) is 33.9 Å². The number of hydrogen-bond donors (Lipinski definition) is 1. The van der Waals surface area contributed by atoms with Gasteiger partial charge in [0.25, 0.3) is 5.91 Å². The summed E-state index contributed by atoms with van der Waals surface area (Å²) in [6.45, 7) is 0.244. The monoisotopic (exact) mass is 528 g/mol. The highest BCUT2D eigenvalue weighted by atomic mass is 35.5. The van der Waals surface area contributed by atoms with Crippen LogP contribution < -0.4 is 5.73 Å². The van der Waals surface area contributed by atoms with Crippen molar-refractivity contribution >= 4 is 55.5 Å². The number of pyridine rings is 2. The molecular formula is C23H18Cl2N6O3S. The van der Waals surface area contributed by atoms with Gasteiger partial charge in [0.15, 0.2) is 0 Å². The molecule has 0 aliphatic carbocycles. The van der Waals surface area contributed by atoms with Gasteiger partial charge in [-0.25, -0.2) is 13.4 Å². The van der Waals surface area contributed by atoms with Crippen LogP contribution in [0.15, 0.2) is 55.1 Å². The van der Waals surface area contributed by atoms with Gasteiger partial charge in [0.1, 0.15) is 26.9 Å². The van der Waals surface area contributed by atoms with Crippen molar-refractivity contribution in [1.29, 1.82) is 0 Å². The second-order valence-corrected chi connectivity index (χ2v) is 11.1. The SMILES string of the molecule is CS(=O)(=O)CCn1cc(-c2cnc3ccn4c(C(N)=O)c(-c5c(Cl)cccc5Cl)nc4c3c2)cn1. The van der Waals surface area contributed by atoms with E-state index in [1.807, 2.05) is 6.07 Å². The lowest BCUT2D eigenvalue weighted by Crippen LogP contribution is -2.15. The van der Waals surface area contributed by atoms with Crippen molar-refractivity contribution in [1.82, 2.24) is 24.1 Å². The molecule has 0 fully saturated rings. The number of nitrogens with two attached hydrogens (primary N) is 1. The fourth-order valence-corrected chi connectivity index (χ4v) is 4.98. The first-order valence-electron chi connectivity index (χ1n) is 10.4. The van der Waals surface area contributed by atoms with Crippen LogP contribution in [0.25, 0.3) is 38.9 Å². The molecular weight excluding hydrogens is 511 g/mol. The Hall–Kier alpha value is -3.47. The number of fused-ring (bicyclic) bond motifs is 3. The Bertz CT molecular complexity index is 1720. The fraction of sp³-hybridized carbons (Fsp3) is 0.130. The zero-order chi connectivity index (χ0) is 24.9. The second-order valence-electron chi connectivity index (χ2n) is 8.06. The molecule has 9 nitrogen and oxygen atoms in total. The Balaban J connectivity index is 1.68. The third kappa shape index (κ3) is 4.36. The number of carbonyl (C=O) groups is 1. The minimum atomic E-state index is -3.11. The smallest absolute Gasteiger partial charge is 0.268 e. The van der Waals surface area contributed by atoms with Crippen LogP contribution in [0.3, 0.4) is 0 Å². The fourth-order valence-electron chi connectivity index (χ4n) is 3.89. The van der Waals surface area contributed by atoms with Crippen LogP contribution in [-0.4, -0.2) is 50.5 Å². The van der Waals surface area contributed by atoms with Crippen molar-refractivity contribution in [3.63, 3.8) is 0 Å². The maximum atomic E-state index is 12.5. The number of hydrogen-bond acceptors (Lipinski definition) is 6. The molecule has 0 aliphatic rings. The van der Waals surface area contributed by atoms with Crippen LogP contribution in [0.5, 0.6) is 0 Å². The van der Waals surface area contributed by atoms with E-state index in [0.717, 1.165) is 11.1 Å². The number of benzene rings is 1. The molecule has 0 radical (unpaired) electrons. The molecule has 1 aromatic carbocycles. The average molecular weight is 529 g/mol. The van der Waals surface area contributed by atoms with Crippen molar-refractivity contribution < 1.29 is 13.2 Å². The molecule has 0 saturated carbocycles. The zero-order valence-corrected chi connectivity index (χ0v) is 20.6. The number of aryl methyl sites for hydroxylation is 1. The van der Waals surface area contributed by atoms with Gasteiger partial charge < -0.3 is 5.73 Å². The number of nitrogens with zero attached hydrogens (tertiary/aromatic N) is 5. The highest BCUT2D eigenvalue weighted by Crippen LogP contribution is 2.37. The van der Waals surface area contributed by atoms with E-state index in [2.05, 4.69) is 10.1 Å². The first-order chi connectivity index (χ1) is 16.6. The number of sulfone groups is 1. The molecule has 2 N–H and O–H groups in total. The van der Waals surface area contributed by atoms with Crippen molar-refractivity contribution in [2.75, 3.05) is 12.0 Å². The minimum absolute atomic E-state index is 0.0118. The van der Waals surface area contributed by atoms with Crippen molar-refractivity contribution in [2.24, 2.45) is 5.73 Å². The van der Waals surface area contributed by atoms with E-state index in [1.54, 1.807) is 58.1 Å². The molecule has 12 heteroatoms. The lowest BCUT2D eigenvalue weighted by atomic mass is 10.1. The topological polar surface area (TPSA) is 125 Å². The van der Waals surface area contributed by atoms with E-state index in [1.165, 1.54) is 6.26 Å². The molecule has 5 rings (SSSR count). The van der Waals surface area contributed by atoms with Crippen LogP contribution in [0.2, 0.25) is 10.0 Å². The molecule has 5 aromatic rings. The van der Waals surface area contributed by atoms with E-state index >= 15 is 0 Å². The quantitative estimate of drug-likeness (QED) is 0.356. The van der Waals surface area contributed by atoms with Crippen LogP contribution in [0.1, 0.15) is 10.5 Å². The lowest BCUT2D eigenvalue weighted by Gasteiger charge is -2.06. The summed E-state index contributed by atoms with van der Waals surface area (Å²) in [6, 6.07) is 8.67. The zero-order valence-electron chi connectivity index (χ0n) is 18.3. The largest absolute Gasteiger partial charge is 0.364 e. The number of halogens is 2. The lowest BCUT2D eigenvalue weighted by molar-refractivity contribution is 0.0995. The average Bonchev–Trinajstić information content (AvgIpc) is 3.42. The van der Waals surface area contributed by atoms with E-state index < -0.39 is 15.7 Å². The van der Waals surface area contributed by atoms with Gasteiger partial charge in [-0.1, -0.05) is 29.3 Å². The van der Waals surface area contributed by atoms with Gasteiger partial charge in [-0.3, -0.25) is 18.9 Å². The van der Waals surface area contributed by atoms with Gasteiger partial charge in [-0.15, -0.1) is 0 Å². The number of aromatic nitrogens is 5. The maximum absolute atomic E-state index is 12.5. The number of primary amides is 1. The van der Waals surface area contributed by atoms with Gasteiger partial charge in [-0.05, 0) is 24.3 Å². The second kappa shape index (κ2) is 8.63. The van der Waals surface area contributed by atoms with Crippen molar-refractivity contribution in [3.8, 4) is 22.4 Å². The Morgan fingerprint density at radius 2 is 1.86 bits per heavy atom. The molecule has 0 atom stereocenters. The van der Waals surface area contributed by atoms with Crippen LogP contribution in [0.4, 0.5) is 0 Å². The summed E-state index contributed by atoms with van der Waals surface area (Å²) in [6.07, 6.45) is 7.95. The Labute approximate surface area is 210 Å². The van der Waals surface area contributed by atoms with Crippen molar-refractivity contribution in [2.45, 2.75) is 6.54 Å². The van der Waals surface area contributed by atoms with E-state index in [9.17, 15) is 13.2 Å². The Morgan fingerprint density at radius 3 is 2.54 bits per heavy atom. The molecule has 35 heavy (non-hydrogen) atoms. The Kier molecular flexibility index (Phi) is 5.74. The summed E-state index contributed by atoms with van der Waals surface area (Å²) >= 11 is 12.8. The molecule has 4 aromatic heterocycles.